The summed E-state index contributed by atoms with van der Waals surface area (Å²) in [5.41, 5.74) is 1.37. The highest BCUT2D eigenvalue weighted by Gasteiger charge is 2.37. The van der Waals surface area contributed by atoms with Gasteiger partial charge in [-0.3, -0.25) is 9.59 Å². The van der Waals surface area contributed by atoms with Crippen molar-refractivity contribution in [3.05, 3.63) is 54.1 Å². The Morgan fingerprint density at radius 2 is 1.48 bits per heavy atom. The first-order chi connectivity index (χ1) is 13.6. The summed E-state index contributed by atoms with van der Waals surface area (Å²) in [7, 11) is -7.09. The van der Waals surface area contributed by atoms with E-state index in [0.717, 1.165) is 0 Å². The fourth-order valence-electron chi connectivity index (χ4n) is 3.04. The monoisotopic (exact) mass is 436 g/mol. The third-order valence-electron chi connectivity index (χ3n) is 4.54. The molecule has 10 heteroatoms. The predicted molar refractivity (Wildman–Crippen MR) is 109 cm³/mol. The van der Waals surface area contributed by atoms with Crippen LogP contribution in [0, 0.1) is 0 Å². The molecule has 0 bridgehead atoms. The fraction of sp³-hybridized carbons (Fsp3) is 0.263. The van der Waals surface area contributed by atoms with E-state index >= 15 is 0 Å². The van der Waals surface area contributed by atoms with E-state index < -0.39 is 30.8 Å². The van der Waals surface area contributed by atoms with Crippen molar-refractivity contribution in [2.75, 3.05) is 22.1 Å². The van der Waals surface area contributed by atoms with E-state index in [1.54, 1.807) is 24.3 Å². The van der Waals surface area contributed by atoms with Gasteiger partial charge < -0.3 is 10.6 Å². The average Bonchev–Trinajstić information content (AvgIpc) is 3.03. The van der Waals surface area contributed by atoms with Crippen molar-refractivity contribution in [1.82, 2.24) is 0 Å². The molecule has 2 aromatic carbocycles. The lowest BCUT2D eigenvalue weighted by Gasteiger charge is -2.11. The summed E-state index contributed by atoms with van der Waals surface area (Å²) in [6, 6.07) is 11.9. The molecule has 1 fully saturated rings. The lowest BCUT2D eigenvalue weighted by molar-refractivity contribution is -0.114. The van der Waals surface area contributed by atoms with Gasteiger partial charge in [0.2, 0.25) is 5.91 Å². The van der Waals surface area contributed by atoms with Crippen molar-refractivity contribution in [2.45, 2.75) is 23.5 Å². The highest BCUT2D eigenvalue weighted by molar-refractivity contribution is 7.96. The number of hydrogen-bond acceptors (Lipinski definition) is 6. The first-order valence-corrected chi connectivity index (χ1v) is 12.2. The molecule has 0 unspecified atom stereocenters. The maximum atomic E-state index is 12.6. The minimum absolute atomic E-state index is 0.00388. The van der Waals surface area contributed by atoms with Gasteiger partial charge in [-0.15, -0.1) is 0 Å². The third kappa shape index (κ3) is 5.01. The van der Waals surface area contributed by atoms with Crippen LogP contribution in [0.25, 0.3) is 0 Å². The van der Waals surface area contributed by atoms with Gasteiger partial charge in [-0.05, 0) is 55.0 Å². The first-order valence-electron chi connectivity index (χ1n) is 8.80. The summed E-state index contributed by atoms with van der Waals surface area (Å²) >= 11 is 0. The molecule has 3 rings (SSSR count). The Morgan fingerprint density at radius 3 is 1.97 bits per heavy atom. The van der Waals surface area contributed by atoms with Gasteiger partial charge in [0.25, 0.3) is 5.91 Å². The Balaban J connectivity index is 1.69. The van der Waals surface area contributed by atoms with Gasteiger partial charge in [0.05, 0.1) is 21.7 Å². The maximum Gasteiger partial charge on any atom is 0.255 e. The Hall–Kier alpha value is -2.72. The molecule has 29 heavy (non-hydrogen) atoms. The molecular formula is C19H20N2O6S2. The fourth-order valence-corrected chi connectivity index (χ4v) is 7.40. The summed E-state index contributed by atoms with van der Waals surface area (Å²) in [5.74, 6) is -1.12. The Kier molecular flexibility index (Phi) is 5.76. The zero-order chi connectivity index (χ0) is 21.2. The molecule has 1 heterocycles. The van der Waals surface area contributed by atoms with E-state index in [2.05, 4.69) is 10.6 Å². The van der Waals surface area contributed by atoms with Gasteiger partial charge in [-0.25, -0.2) is 16.8 Å². The molecular weight excluding hydrogens is 416 g/mol. The van der Waals surface area contributed by atoms with Gasteiger partial charge in [0.1, 0.15) is 0 Å². The number of rotatable bonds is 5. The molecule has 2 aromatic rings. The third-order valence-corrected chi connectivity index (χ3v) is 8.73. The van der Waals surface area contributed by atoms with Crippen LogP contribution in [0.4, 0.5) is 11.4 Å². The molecule has 2 N–H and O–H groups in total. The summed E-state index contributed by atoms with van der Waals surface area (Å²) in [5, 5.41) is 4.35. The van der Waals surface area contributed by atoms with E-state index in [9.17, 15) is 26.4 Å². The minimum Gasteiger partial charge on any atom is -0.326 e. The Morgan fingerprint density at radius 1 is 0.931 bits per heavy atom. The minimum atomic E-state index is -3.77. The number of benzene rings is 2. The molecule has 154 valence electrons. The smallest absolute Gasteiger partial charge is 0.255 e. The quantitative estimate of drug-likeness (QED) is 0.737. The molecule has 1 aliphatic rings. The first kappa shape index (κ1) is 21.0. The van der Waals surface area contributed by atoms with Crippen LogP contribution in [0.1, 0.15) is 23.7 Å². The molecule has 0 aliphatic carbocycles. The summed E-state index contributed by atoms with van der Waals surface area (Å²) in [6.07, 6.45) is 0.0847. The second-order valence-electron chi connectivity index (χ2n) is 6.81. The van der Waals surface area contributed by atoms with Crippen molar-refractivity contribution in [3.63, 3.8) is 0 Å². The van der Waals surface area contributed by atoms with Crippen molar-refractivity contribution in [3.8, 4) is 0 Å². The van der Waals surface area contributed by atoms with Crippen LogP contribution in [0.2, 0.25) is 0 Å². The molecule has 0 saturated carbocycles. The lowest BCUT2D eigenvalue weighted by atomic mass is 10.2. The van der Waals surface area contributed by atoms with Gasteiger partial charge >= 0.3 is 0 Å². The van der Waals surface area contributed by atoms with Crippen LogP contribution in [0.15, 0.2) is 53.4 Å². The number of carbonyl (C=O) groups excluding carboxylic acids is 2. The lowest BCUT2D eigenvalue weighted by Crippen LogP contribution is -2.22. The molecule has 0 radical (unpaired) electrons. The zero-order valence-electron chi connectivity index (χ0n) is 15.6. The second kappa shape index (κ2) is 7.96. The van der Waals surface area contributed by atoms with Crippen molar-refractivity contribution in [2.24, 2.45) is 0 Å². The van der Waals surface area contributed by atoms with Crippen molar-refractivity contribution >= 4 is 42.9 Å². The standard InChI is InChI=1S/C19H20N2O6S2/c1-13(22)20-15-4-6-16(7-5-15)21-19(23)14-2-8-17(9-3-14)29(26,27)18-10-11-28(24,25)12-18/h2-9,18H,10-12H2,1H3,(H,20,22)(H,21,23)/t18-/m1/s1. The summed E-state index contributed by atoms with van der Waals surface area (Å²) in [6.45, 7) is 1.39. The highest BCUT2D eigenvalue weighted by Crippen LogP contribution is 2.25. The van der Waals surface area contributed by atoms with Crippen LogP contribution in [-0.4, -0.2) is 45.4 Å². The summed E-state index contributed by atoms with van der Waals surface area (Å²) < 4.78 is 48.4. The maximum absolute atomic E-state index is 12.6. The molecule has 2 amide bonds. The number of sulfone groups is 2. The van der Waals surface area contributed by atoms with E-state index in [0.29, 0.717) is 11.4 Å². The number of hydrogen-bond donors (Lipinski definition) is 2. The van der Waals surface area contributed by atoms with E-state index in [-0.39, 0.29) is 34.3 Å². The number of amides is 2. The SMILES string of the molecule is CC(=O)Nc1ccc(NC(=O)c2ccc(S(=O)(=O)[C@@H]3CCS(=O)(=O)C3)cc2)cc1. The number of carbonyl (C=O) groups is 2. The second-order valence-corrected chi connectivity index (χ2v) is 11.3. The number of anilines is 2. The van der Waals surface area contributed by atoms with Gasteiger partial charge in [-0.1, -0.05) is 0 Å². The van der Waals surface area contributed by atoms with Gasteiger partial charge in [-0.2, -0.15) is 0 Å². The largest absolute Gasteiger partial charge is 0.326 e. The Bertz CT molecular complexity index is 1140. The van der Waals surface area contributed by atoms with Gasteiger partial charge in [0, 0.05) is 23.9 Å². The van der Waals surface area contributed by atoms with E-state index in [4.69, 9.17) is 0 Å². The molecule has 0 spiro atoms. The van der Waals surface area contributed by atoms with Gasteiger partial charge in [0.15, 0.2) is 19.7 Å². The predicted octanol–water partition coefficient (Wildman–Crippen LogP) is 1.86. The number of nitrogens with one attached hydrogen (secondary N) is 2. The average molecular weight is 437 g/mol. The molecule has 1 atom stereocenters. The Labute approximate surface area is 169 Å². The van der Waals surface area contributed by atoms with Crippen molar-refractivity contribution in [1.29, 1.82) is 0 Å². The van der Waals surface area contributed by atoms with E-state index in [1.807, 2.05) is 0 Å². The van der Waals surface area contributed by atoms with Crippen molar-refractivity contribution < 1.29 is 26.4 Å². The molecule has 0 aromatic heterocycles. The zero-order valence-corrected chi connectivity index (χ0v) is 17.2. The highest BCUT2D eigenvalue weighted by atomic mass is 32.2. The van der Waals surface area contributed by atoms with Crippen LogP contribution in [0.3, 0.4) is 0 Å². The molecule has 8 nitrogen and oxygen atoms in total. The van der Waals surface area contributed by atoms with E-state index in [1.165, 1.54) is 31.2 Å². The molecule has 1 saturated heterocycles. The van der Waals surface area contributed by atoms with Crippen LogP contribution >= 0.6 is 0 Å². The summed E-state index contributed by atoms with van der Waals surface area (Å²) in [4.78, 5) is 23.4. The van der Waals surface area contributed by atoms with Crippen LogP contribution in [-0.2, 0) is 24.5 Å². The van der Waals surface area contributed by atoms with Crippen LogP contribution in [0.5, 0.6) is 0 Å². The molecule has 1 aliphatic heterocycles. The van der Waals surface area contributed by atoms with Crippen LogP contribution < -0.4 is 10.6 Å². The normalized spacial score (nSPS) is 18.2. The topological polar surface area (TPSA) is 126 Å².